The topological polar surface area (TPSA) is 35.5 Å². The summed E-state index contributed by atoms with van der Waals surface area (Å²) in [5, 5.41) is 12.1. The van der Waals surface area contributed by atoms with E-state index in [-0.39, 0.29) is 6.61 Å². The standard InChI is InChI=1S/C9H22N2O/c1-8(7-12)5-10-6-9(2)11(3)4/h8-10,12H,5-7H2,1-4H3. The Hall–Kier alpha value is -0.120. The van der Waals surface area contributed by atoms with Gasteiger partial charge in [-0.2, -0.15) is 0 Å². The minimum Gasteiger partial charge on any atom is -0.396 e. The van der Waals surface area contributed by atoms with E-state index >= 15 is 0 Å². The molecule has 0 aromatic heterocycles. The lowest BCUT2D eigenvalue weighted by molar-refractivity contribution is 0.228. The van der Waals surface area contributed by atoms with Gasteiger partial charge >= 0.3 is 0 Å². The van der Waals surface area contributed by atoms with Gasteiger partial charge in [0.15, 0.2) is 0 Å². The van der Waals surface area contributed by atoms with Crippen LogP contribution in [0.1, 0.15) is 13.8 Å². The second kappa shape index (κ2) is 6.40. The second-order valence-corrected chi connectivity index (χ2v) is 3.76. The predicted molar refractivity (Wildman–Crippen MR) is 52.3 cm³/mol. The lowest BCUT2D eigenvalue weighted by Crippen LogP contribution is -2.37. The average molecular weight is 174 g/mol. The average Bonchev–Trinajstić information content (AvgIpc) is 2.03. The first kappa shape index (κ1) is 11.9. The number of nitrogens with one attached hydrogen (secondary N) is 1. The van der Waals surface area contributed by atoms with E-state index in [9.17, 15) is 0 Å². The highest BCUT2D eigenvalue weighted by Crippen LogP contribution is 1.91. The number of hydrogen-bond donors (Lipinski definition) is 2. The number of likely N-dealkylation sites (N-methyl/N-ethyl adjacent to an activating group) is 1. The van der Waals surface area contributed by atoms with Gasteiger partial charge in [0, 0.05) is 19.2 Å². The Balaban J connectivity index is 3.30. The highest BCUT2D eigenvalue weighted by atomic mass is 16.3. The molecule has 2 N–H and O–H groups in total. The zero-order valence-corrected chi connectivity index (χ0v) is 8.67. The van der Waals surface area contributed by atoms with Crippen molar-refractivity contribution in [2.45, 2.75) is 19.9 Å². The van der Waals surface area contributed by atoms with E-state index in [1.165, 1.54) is 0 Å². The van der Waals surface area contributed by atoms with Crippen LogP contribution in [0.15, 0.2) is 0 Å². The summed E-state index contributed by atoms with van der Waals surface area (Å²) in [6.07, 6.45) is 0. The summed E-state index contributed by atoms with van der Waals surface area (Å²) in [5.74, 6) is 0.361. The van der Waals surface area contributed by atoms with E-state index in [0.29, 0.717) is 12.0 Å². The molecule has 3 nitrogen and oxygen atoms in total. The van der Waals surface area contributed by atoms with Crippen molar-refractivity contribution in [1.82, 2.24) is 10.2 Å². The van der Waals surface area contributed by atoms with Gasteiger partial charge in [-0.15, -0.1) is 0 Å². The van der Waals surface area contributed by atoms with Crippen LogP contribution in [0.2, 0.25) is 0 Å². The van der Waals surface area contributed by atoms with Gasteiger partial charge in [-0.25, -0.2) is 0 Å². The molecule has 12 heavy (non-hydrogen) atoms. The zero-order chi connectivity index (χ0) is 9.56. The van der Waals surface area contributed by atoms with Crippen molar-refractivity contribution in [2.75, 3.05) is 33.8 Å². The molecule has 0 aromatic rings. The van der Waals surface area contributed by atoms with E-state index in [0.717, 1.165) is 13.1 Å². The Morgan fingerprint density at radius 3 is 2.25 bits per heavy atom. The van der Waals surface area contributed by atoms with Crippen LogP contribution in [0.3, 0.4) is 0 Å². The van der Waals surface area contributed by atoms with Gasteiger partial charge in [0.05, 0.1) is 0 Å². The summed E-state index contributed by atoms with van der Waals surface area (Å²) in [7, 11) is 4.14. The highest BCUT2D eigenvalue weighted by Gasteiger charge is 2.04. The molecule has 0 radical (unpaired) electrons. The summed E-state index contributed by atoms with van der Waals surface area (Å²) < 4.78 is 0. The lowest BCUT2D eigenvalue weighted by Gasteiger charge is -2.20. The van der Waals surface area contributed by atoms with E-state index in [4.69, 9.17) is 5.11 Å². The largest absolute Gasteiger partial charge is 0.396 e. The van der Waals surface area contributed by atoms with Crippen molar-refractivity contribution in [1.29, 1.82) is 0 Å². The molecule has 0 amide bonds. The molecule has 0 aliphatic heterocycles. The molecule has 2 atom stereocenters. The Morgan fingerprint density at radius 1 is 1.25 bits per heavy atom. The van der Waals surface area contributed by atoms with Crippen molar-refractivity contribution >= 4 is 0 Å². The van der Waals surface area contributed by atoms with E-state index in [2.05, 4.69) is 31.2 Å². The van der Waals surface area contributed by atoms with Crippen LogP contribution in [-0.2, 0) is 0 Å². The molecule has 0 aliphatic rings. The highest BCUT2D eigenvalue weighted by molar-refractivity contribution is 4.64. The Labute approximate surface area is 75.8 Å². The van der Waals surface area contributed by atoms with Gasteiger partial charge in [0.1, 0.15) is 0 Å². The quantitative estimate of drug-likeness (QED) is 0.602. The predicted octanol–water partition coefficient (Wildman–Crippen LogP) is 0.155. The maximum atomic E-state index is 8.76. The fourth-order valence-electron chi connectivity index (χ4n) is 0.786. The molecule has 0 aromatic carbocycles. The Bertz CT molecular complexity index is 107. The summed E-state index contributed by atoms with van der Waals surface area (Å²) >= 11 is 0. The minimum atomic E-state index is 0.267. The SMILES string of the molecule is CC(CO)CNCC(C)N(C)C. The summed E-state index contributed by atoms with van der Waals surface area (Å²) in [6.45, 7) is 6.36. The number of nitrogens with zero attached hydrogens (tertiary/aromatic N) is 1. The summed E-state index contributed by atoms with van der Waals surface area (Å²) in [5.41, 5.74) is 0. The van der Waals surface area contributed by atoms with Crippen molar-refractivity contribution in [3.05, 3.63) is 0 Å². The normalized spacial score (nSPS) is 16.5. The van der Waals surface area contributed by atoms with Crippen LogP contribution in [0.4, 0.5) is 0 Å². The minimum absolute atomic E-state index is 0.267. The molecule has 2 unspecified atom stereocenters. The Kier molecular flexibility index (Phi) is 6.34. The van der Waals surface area contributed by atoms with E-state index in [1.54, 1.807) is 0 Å². The number of hydrogen-bond acceptors (Lipinski definition) is 3. The van der Waals surface area contributed by atoms with Gasteiger partial charge in [-0.1, -0.05) is 6.92 Å². The van der Waals surface area contributed by atoms with Crippen molar-refractivity contribution in [3.8, 4) is 0 Å². The van der Waals surface area contributed by atoms with Crippen molar-refractivity contribution < 1.29 is 5.11 Å². The van der Waals surface area contributed by atoms with Crippen LogP contribution in [0.5, 0.6) is 0 Å². The van der Waals surface area contributed by atoms with Crippen LogP contribution >= 0.6 is 0 Å². The van der Waals surface area contributed by atoms with Gasteiger partial charge in [-0.05, 0) is 33.5 Å². The molecule has 0 rings (SSSR count). The van der Waals surface area contributed by atoms with Gasteiger partial charge in [-0.3, -0.25) is 0 Å². The molecule has 0 spiro atoms. The van der Waals surface area contributed by atoms with Gasteiger partial charge in [0.2, 0.25) is 0 Å². The molecule has 3 heteroatoms. The molecule has 0 fully saturated rings. The fourth-order valence-corrected chi connectivity index (χ4v) is 0.786. The van der Waals surface area contributed by atoms with Crippen molar-refractivity contribution in [3.63, 3.8) is 0 Å². The lowest BCUT2D eigenvalue weighted by atomic mass is 10.2. The molecular weight excluding hydrogens is 152 g/mol. The molecule has 0 saturated heterocycles. The third-order valence-corrected chi connectivity index (χ3v) is 2.13. The van der Waals surface area contributed by atoms with Crippen LogP contribution < -0.4 is 5.32 Å². The third-order valence-electron chi connectivity index (χ3n) is 2.13. The molecule has 0 saturated carbocycles. The number of aliphatic hydroxyl groups is 1. The maximum Gasteiger partial charge on any atom is 0.0468 e. The molecular formula is C9H22N2O. The molecule has 74 valence electrons. The first-order chi connectivity index (χ1) is 5.57. The third kappa shape index (κ3) is 5.52. The zero-order valence-electron chi connectivity index (χ0n) is 8.67. The first-order valence-corrected chi connectivity index (χ1v) is 4.56. The molecule has 0 aliphatic carbocycles. The first-order valence-electron chi connectivity index (χ1n) is 4.56. The van der Waals surface area contributed by atoms with Crippen molar-refractivity contribution in [2.24, 2.45) is 5.92 Å². The smallest absolute Gasteiger partial charge is 0.0468 e. The molecule has 0 bridgehead atoms. The maximum absolute atomic E-state index is 8.76. The van der Waals surface area contributed by atoms with Crippen LogP contribution in [0, 0.1) is 5.92 Å². The van der Waals surface area contributed by atoms with Gasteiger partial charge in [0.25, 0.3) is 0 Å². The van der Waals surface area contributed by atoms with E-state index in [1.807, 2.05) is 6.92 Å². The second-order valence-electron chi connectivity index (χ2n) is 3.76. The fraction of sp³-hybridized carbons (Fsp3) is 1.00. The van der Waals surface area contributed by atoms with Crippen LogP contribution in [-0.4, -0.2) is 49.8 Å². The van der Waals surface area contributed by atoms with Gasteiger partial charge < -0.3 is 15.3 Å². The summed E-state index contributed by atoms with van der Waals surface area (Å²) in [4.78, 5) is 2.18. The van der Waals surface area contributed by atoms with E-state index < -0.39 is 0 Å². The summed E-state index contributed by atoms with van der Waals surface area (Å²) in [6, 6.07) is 0.552. The molecule has 0 heterocycles. The number of aliphatic hydroxyl groups excluding tert-OH is 1. The Morgan fingerprint density at radius 2 is 1.83 bits per heavy atom. The monoisotopic (exact) mass is 174 g/mol. The van der Waals surface area contributed by atoms with Crippen LogP contribution in [0.25, 0.3) is 0 Å². The number of rotatable bonds is 6.